The molecule has 1 unspecified atom stereocenters. The largest absolute Gasteiger partial charge is 0.480 e. The van der Waals surface area contributed by atoms with E-state index in [1.54, 1.807) is 11.3 Å². The predicted molar refractivity (Wildman–Crippen MR) is 69.3 cm³/mol. The molecule has 1 aliphatic rings. The van der Waals surface area contributed by atoms with Crippen LogP contribution in [0, 0.1) is 5.92 Å². The van der Waals surface area contributed by atoms with Crippen LogP contribution in [-0.4, -0.2) is 28.6 Å². The van der Waals surface area contributed by atoms with E-state index >= 15 is 0 Å². The van der Waals surface area contributed by atoms with Gasteiger partial charge in [0.15, 0.2) is 0 Å². The number of hydrogen-bond donors (Lipinski definition) is 1. The molecule has 1 aromatic rings. The summed E-state index contributed by atoms with van der Waals surface area (Å²) in [6.07, 6.45) is 2.46. The van der Waals surface area contributed by atoms with Gasteiger partial charge in [-0.15, -0.1) is 11.3 Å². The first-order chi connectivity index (χ1) is 8.09. The number of rotatable bonds is 6. The minimum absolute atomic E-state index is 0.136. The maximum absolute atomic E-state index is 11.0. The van der Waals surface area contributed by atoms with Crippen LogP contribution >= 0.6 is 11.3 Å². The second kappa shape index (κ2) is 5.19. The summed E-state index contributed by atoms with van der Waals surface area (Å²) < 4.78 is 0. The highest BCUT2D eigenvalue weighted by Gasteiger charge is 2.38. The smallest absolute Gasteiger partial charge is 0.317 e. The van der Waals surface area contributed by atoms with Crippen molar-refractivity contribution in [2.75, 3.05) is 6.54 Å². The third-order valence-electron chi connectivity index (χ3n) is 3.24. The second-order valence-corrected chi connectivity index (χ2v) is 5.94. The summed E-state index contributed by atoms with van der Waals surface area (Å²) in [5.74, 6) is -0.0868. The number of carbonyl (C=O) groups is 1. The van der Waals surface area contributed by atoms with Crippen LogP contribution in [-0.2, 0) is 4.79 Å². The average molecular weight is 253 g/mol. The van der Waals surface area contributed by atoms with Crippen molar-refractivity contribution in [1.29, 1.82) is 0 Å². The van der Waals surface area contributed by atoms with Crippen molar-refractivity contribution in [3.63, 3.8) is 0 Å². The van der Waals surface area contributed by atoms with Gasteiger partial charge in [0.1, 0.15) is 0 Å². The summed E-state index contributed by atoms with van der Waals surface area (Å²) in [4.78, 5) is 14.4. The van der Waals surface area contributed by atoms with Gasteiger partial charge in [-0.2, -0.15) is 0 Å². The average Bonchev–Trinajstić information content (AvgIpc) is 2.92. The van der Waals surface area contributed by atoms with E-state index in [4.69, 9.17) is 5.11 Å². The van der Waals surface area contributed by atoms with Crippen LogP contribution < -0.4 is 0 Å². The summed E-state index contributed by atoms with van der Waals surface area (Å²) in [7, 11) is 0. The van der Waals surface area contributed by atoms with Gasteiger partial charge < -0.3 is 5.11 Å². The zero-order valence-electron chi connectivity index (χ0n) is 10.3. The van der Waals surface area contributed by atoms with E-state index in [2.05, 4.69) is 36.3 Å². The molecule has 1 aromatic heterocycles. The van der Waals surface area contributed by atoms with E-state index in [0.717, 1.165) is 0 Å². The Labute approximate surface area is 106 Å². The molecule has 94 valence electrons. The second-order valence-electron chi connectivity index (χ2n) is 4.96. The highest BCUT2D eigenvalue weighted by Crippen LogP contribution is 2.46. The number of carboxylic acids is 1. The van der Waals surface area contributed by atoms with Crippen LogP contribution in [0.25, 0.3) is 0 Å². The van der Waals surface area contributed by atoms with Gasteiger partial charge in [0.25, 0.3) is 0 Å². The summed E-state index contributed by atoms with van der Waals surface area (Å²) in [6.45, 7) is 4.29. The fourth-order valence-electron chi connectivity index (χ4n) is 2.30. The molecule has 0 saturated heterocycles. The molecule has 1 N–H and O–H groups in total. The first-order valence-corrected chi connectivity index (χ1v) is 6.98. The summed E-state index contributed by atoms with van der Waals surface area (Å²) in [6, 6.07) is 4.74. The molecule has 1 heterocycles. The van der Waals surface area contributed by atoms with Gasteiger partial charge in [-0.3, -0.25) is 9.69 Å². The first kappa shape index (κ1) is 12.6. The maximum Gasteiger partial charge on any atom is 0.317 e. The Morgan fingerprint density at radius 2 is 2.29 bits per heavy atom. The van der Waals surface area contributed by atoms with Crippen molar-refractivity contribution >= 4 is 17.3 Å². The van der Waals surface area contributed by atoms with Crippen LogP contribution in [0.15, 0.2) is 17.5 Å². The Kier molecular flexibility index (Phi) is 3.84. The number of carboxylic acid groups (broad SMARTS) is 1. The topological polar surface area (TPSA) is 40.5 Å². The predicted octanol–water partition coefficient (Wildman–Crippen LogP) is 2.99. The van der Waals surface area contributed by atoms with E-state index in [0.29, 0.717) is 12.0 Å². The minimum Gasteiger partial charge on any atom is -0.480 e. The van der Waals surface area contributed by atoms with Crippen LogP contribution in [0.3, 0.4) is 0 Å². The maximum atomic E-state index is 11.0. The van der Waals surface area contributed by atoms with Gasteiger partial charge in [0.05, 0.1) is 6.54 Å². The van der Waals surface area contributed by atoms with Crippen LogP contribution in [0.1, 0.15) is 37.6 Å². The molecule has 0 amide bonds. The van der Waals surface area contributed by atoms with E-state index < -0.39 is 5.97 Å². The standard InChI is InChI=1S/C13H19NO2S/c1-9(2)14(8-12(15)16)13(10-5-6-10)11-4-3-7-17-11/h3-4,7,9-10,13H,5-6,8H2,1-2H3,(H,15,16). The van der Waals surface area contributed by atoms with Crippen molar-refractivity contribution in [3.8, 4) is 0 Å². The molecule has 0 aliphatic heterocycles. The molecule has 2 rings (SSSR count). The Balaban J connectivity index is 2.20. The van der Waals surface area contributed by atoms with Gasteiger partial charge in [-0.25, -0.2) is 0 Å². The van der Waals surface area contributed by atoms with Gasteiger partial charge in [0.2, 0.25) is 0 Å². The summed E-state index contributed by atoms with van der Waals surface area (Å²) >= 11 is 1.74. The van der Waals surface area contributed by atoms with Crippen molar-refractivity contribution in [2.24, 2.45) is 5.92 Å². The van der Waals surface area contributed by atoms with Gasteiger partial charge in [-0.05, 0) is 44.1 Å². The molecule has 17 heavy (non-hydrogen) atoms. The highest BCUT2D eigenvalue weighted by atomic mass is 32.1. The summed E-state index contributed by atoms with van der Waals surface area (Å²) in [5.41, 5.74) is 0. The minimum atomic E-state index is -0.735. The van der Waals surface area contributed by atoms with E-state index in [9.17, 15) is 4.79 Å². The highest BCUT2D eigenvalue weighted by molar-refractivity contribution is 7.10. The molecule has 1 atom stereocenters. The number of aliphatic carboxylic acids is 1. The molecular weight excluding hydrogens is 234 g/mol. The van der Waals surface area contributed by atoms with E-state index in [-0.39, 0.29) is 12.6 Å². The third kappa shape index (κ3) is 3.07. The van der Waals surface area contributed by atoms with Crippen molar-refractivity contribution in [1.82, 2.24) is 4.90 Å². The lowest BCUT2D eigenvalue weighted by molar-refractivity contribution is -0.139. The van der Waals surface area contributed by atoms with Crippen molar-refractivity contribution in [3.05, 3.63) is 22.4 Å². The SMILES string of the molecule is CC(C)N(CC(=O)O)C(c1cccs1)C1CC1. The van der Waals surface area contributed by atoms with E-state index in [1.807, 2.05) is 0 Å². The zero-order valence-corrected chi connectivity index (χ0v) is 11.1. The quantitative estimate of drug-likeness (QED) is 0.847. The molecule has 0 aromatic carbocycles. The normalized spacial score (nSPS) is 17.6. The number of thiophene rings is 1. The number of hydrogen-bond acceptors (Lipinski definition) is 3. The molecule has 1 saturated carbocycles. The monoisotopic (exact) mass is 253 g/mol. The Morgan fingerprint density at radius 3 is 2.71 bits per heavy atom. The molecule has 0 radical (unpaired) electrons. The van der Waals surface area contributed by atoms with Gasteiger partial charge >= 0.3 is 5.97 Å². The van der Waals surface area contributed by atoms with Crippen LogP contribution in [0.2, 0.25) is 0 Å². The lowest BCUT2D eigenvalue weighted by Crippen LogP contribution is -2.39. The van der Waals surface area contributed by atoms with Crippen molar-refractivity contribution in [2.45, 2.75) is 38.8 Å². The molecule has 0 bridgehead atoms. The lowest BCUT2D eigenvalue weighted by atomic mass is 10.1. The lowest BCUT2D eigenvalue weighted by Gasteiger charge is -2.33. The van der Waals surface area contributed by atoms with Crippen LogP contribution in [0.4, 0.5) is 0 Å². The van der Waals surface area contributed by atoms with Gasteiger partial charge in [0, 0.05) is 17.0 Å². The molecule has 3 nitrogen and oxygen atoms in total. The fourth-order valence-corrected chi connectivity index (χ4v) is 3.24. The molecule has 1 fully saturated rings. The molecular formula is C13H19NO2S. The Bertz CT molecular complexity index is 371. The Hall–Kier alpha value is -0.870. The van der Waals surface area contributed by atoms with E-state index in [1.165, 1.54) is 17.7 Å². The number of nitrogens with zero attached hydrogens (tertiary/aromatic N) is 1. The van der Waals surface area contributed by atoms with Gasteiger partial charge in [-0.1, -0.05) is 6.07 Å². The van der Waals surface area contributed by atoms with Crippen molar-refractivity contribution < 1.29 is 9.90 Å². The van der Waals surface area contributed by atoms with Crippen LogP contribution in [0.5, 0.6) is 0 Å². The fraction of sp³-hybridized carbons (Fsp3) is 0.615. The Morgan fingerprint density at radius 1 is 1.59 bits per heavy atom. The zero-order chi connectivity index (χ0) is 12.4. The molecule has 1 aliphatic carbocycles. The summed E-state index contributed by atoms with van der Waals surface area (Å²) in [5, 5.41) is 11.1. The molecule has 4 heteroatoms. The third-order valence-corrected chi connectivity index (χ3v) is 4.18. The molecule has 0 spiro atoms. The first-order valence-electron chi connectivity index (χ1n) is 6.10.